The van der Waals surface area contributed by atoms with Gasteiger partial charge in [-0.05, 0) is 52.0 Å². The molecular weight excluding hydrogens is 389 g/mol. The molecule has 2 aromatic carbocycles. The van der Waals surface area contributed by atoms with Gasteiger partial charge in [0.15, 0.2) is 6.61 Å². The predicted molar refractivity (Wildman–Crippen MR) is 98.6 cm³/mol. The third-order valence-corrected chi connectivity index (χ3v) is 4.37. The maximum atomic E-state index is 12.8. The van der Waals surface area contributed by atoms with Crippen molar-refractivity contribution in [3.63, 3.8) is 0 Å². The molecule has 0 saturated heterocycles. The van der Waals surface area contributed by atoms with Crippen molar-refractivity contribution in [2.75, 3.05) is 6.61 Å². The fraction of sp³-hybridized carbons (Fsp3) is 0.350. The van der Waals surface area contributed by atoms with Gasteiger partial charge in [-0.1, -0.05) is 32.0 Å². The highest BCUT2D eigenvalue weighted by atomic mass is 19.4. The van der Waals surface area contributed by atoms with Gasteiger partial charge in [0.25, 0.3) is 0 Å². The van der Waals surface area contributed by atoms with Crippen LogP contribution in [0, 0.1) is 5.92 Å². The number of carboxylic acid groups (broad SMARTS) is 1. The quantitative estimate of drug-likeness (QED) is 0.589. The normalized spacial score (nSPS) is 13.0. The molecule has 1 unspecified atom stereocenters. The Hall–Kier alpha value is -3.10. The minimum atomic E-state index is -4.53. The number of halogens is 3. The van der Waals surface area contributed by atoms with E-state index in [1.165, 1.54) is 6.07 Å². The van der Waals surface area contributed by atoms with Crippen molar-refractivity contribution < 1.29 is 32.4 Å². The molecule has 9 heteroatoms. The zero-order chi connectivity index (χ0) is 21.2. The number of fused-ring (bicyclic) bond motifs is 1. The van der Waals surface area contributed by atoms with Crippen LogP contribution in [0.5, 0.6) is 5.75 Å². The molecule has 1 heterocycles. The molecule has 0 saturated carbocycles. The summed E-state index contributed by atoms with van der Waals surface area (Å²) in [7, 11) is 0. The van der Waals surface area contributed by atoms with Crippen molar-refractivity contribution in [3.8, 4) is 16.9 Å². The molecule has 3 rings (SSSR count). The second-order valence-electron chi connectivity index (χ2n) is 7.15. The molecule has 3 aromatic rings. The van der Waals surface area contributed by atoms with E-state index in [-0.39, 0.29) is 11.7 Å². The molecule has 0 aliphatic rings. The van der Waals surface area contributed by atoms with Gasteiger partial charge in [-0.2, -0.15) is 13.2 Å². The molecule has 0 radical (unpaired) electrons. The van der Waals surface area contributed by atoms with E-state index in [2.05, 4.69) is 14.9 Å². The molecule has 6 nitrogen and oxygen atoms in total. The lowest BCUT2D eigenvalue weighted by Crippen LogP contribution is -2.20. The second kappa shape index (κ2) is 8.10. The Morgan fingerprint density at radius 3 is 2.52 bits per heavy atom. The van der Waals surface area contributed by atoms with Gasteiger partial charge in [0, 0.05) is 5.56 Å². The van der Waals surface area contributed by atoms with Gasteiger partial charge in [0.05, 0.1) is 5.92 Å². The maximum absolute atomic E-state index is 12.8. The topological polar surface area (TPSA) is 85.5 Å². The largest absolute Gasteiger partial charge is 0.483 e. The third kappa shape index (κ3) is 5.04. The highest BCUT2D eigenvalue weighted by Gasteiger charge is 2.29. The van der Waals surface area contributed by atoms with Crippen LogP contribution in [0.15, 0.2) is 41.0 Å². The number of carboxylic acids is 1. The molecule has 29 heavy (non-hydrogen) atoms. The lowest BCUT2D eigenvalue weighted by atomic mass is 9.89. The number of aliphatic carboxylic acids is 1. The first kappa shape index (κ1) is 20.6. The van der Waals surface area contributed by atoms with Gasteiger partial charge in [0.2, 0.25) is 0 Å². The summed E-state index contributed by atoms with van der Waals surface area (Å²) in [4.78, 5) is 11.7. The molecule has 154 valence electrons. The van der Waals surface area contributed by atoms with E-state index in [0.29, 0.717) is 34.1 Å². The number of aromatic nitrogens is 2. The van der Waals surface area contributed by atoms with E-state index in [9.17, 15) is 23.1 Å². The number of nitrogens with zero attached hydrogens (tertiary/aromatic N) is 2. The lowest BCUT2D eigenvalue weighted by Gasteiger charge is -2.19. The van der Waals surface area contributed by atoms with Gasteiger partial charge >= 0.3 is 12.1 Å². The summed E-state index contributed by atoms with van der Waals surface area (Å²) in [5.41, 5.74) is 2.27. The third-order valence-electron chi connectivity index (χ3n) is 4.37. The van der Waals surface area contributed by atoms with Crippen LogP contribution in [-0.2, 0) is 4.79 Å². The molecule has 1 atom stereocenters. The van der Waals surface area contributed by atoms with E-state index in [0.717, 1.165) is 0 Å². The summed E-state index contributed by atoms with van der Waals surface area (Å²) in [5.74, 6) is -1.84. The highest BCUT2D eigenvalue weighted by Crippen LogP contribution is 2.36. The molecule has 0 fully saturated rings. The van der Waals surface area contributed by atoms with Gasteiger partial charge < -0.3 is 9.84 Å². The first-order valence-corrected chi connectivity index (χ1v) is 8.93. The summed E-state index contributed by atoms with van der Waals surface area (Å²) in [6, 6.07) is 9.43. The van der Waals surface area contributed by atoms with Crippen molar-refractivity contribution in [2.45, 2.75) is 32.4 Å². The average molecular weight is 408 g/mol. The van der Waals surface area contributed by atoms with Crippen LogP contribution >= 0.6 is 0 Å². The molecule has 0 aliphatic carbocycles. The standard InChI is InChI=1S/C20H19F3N2O4/c1-11(2)7-15(19(26)27)13-3-5-14(18(9-13)28-10-20(21,22)23)12-4-6-16-17(8-12)25-29-24-16/h3-6,8-9,11,15H,7,10H2,1-2H3,(H,26,27). The Morgan fingerprint density at radius 2 is 1.86 bits per heavy atom. The SMILES string of the molecule is CC(C)CC(C(=O)O)c1ccc(-c2ccc3nonc3c2)c(OCC(F)(F)F)c1. The number of alkyl halides is 3. The smallest absolute Gasteiger partial charge is 0.422 e. The van der Waals surface area contributed by atoms with Crippen LogP contribution in [0.3, 0.4) is 0 Å². The summed E-state index contributed by atoms with van der Waals surface area (Å²) < 4.78 is 47.9. The summed E-state index contributed by atoms with van der Waals surface area (Å²) in [5, 5.41) is 17.0. The van der Waals surface area contributed by atoms with Crippen molar-refractivity contribution in [1.29, 1.82) is 0 Å². The molecule has 0 spiro atoms. The first-order chi connectivity index (χ1) is 13.6. The second-order valence-corrected chi connectivity index (χ2v) is 7.15. The molecule has 1 N–H and O–H groups in total. The zero-order valence-electron chi connectivity index (χ0n) is 15.7. The molecule has 0 amide bonds. The number of rotatable bonds is 7. The van der Waals surface area contributed by atoms with Crippen LogP contribution in [-0.4, -0.2) is 34.2 Å². The van der Waals surface area contributed by atoms with Crippen molar-refractivity contribution in [1.82, 2.24) is 10.3 Å². The number of hydrogen-bond donors (Lipinski definition) is 1. The fourth-order valence-corrected chi connectivity index (χ4v) is 3.07. The minimum absolute atomic E-state index is 0.0503. The Labute approximate surface area is 164 Å². The molecular formula is C20H19F3N2O4. The summed E-state index contributed by atoms with van der Waals surface area (Å²) >= 11 is 0. The summed E-state index contributed by atoms with van der Waals surface area (Å²) in [6.45, 7) is 2.28. The number of ether oxygens (including phenoxy) is 1. The zero-order valence-corrected chi connectivity index (χ0v) is 15.7. The minimum Gasteiger partial charge on any atom is -0.483 e. The van der Waals surface area contributed by atoms with Crippen molar-refractivity contribution in [2.24, 2.45) is 5.92 Å². The molecule has 1 aromatic heterocycles. The van der Waals surface area contributed by atoms with Gasteiger partial charge in [-0.25, -0.2) is 4.63 Å². The van der Waals surface area contributed by atoms with Gasteiger partial charge in [-0.15, -0.1) is 0 Å². The van der Waals surface area contributed by atoms with E-state index < -0.39 is 24.7 Å². The van der Waals surface area contributed by atoms with Crippen LogP contribution in [0.2, 0.25) is 0 Å². The van der Waals surface area contributed by atoms with E-state index >= 15 is 0 Å². The molecule has 0 aliphatic heterocycles. The van der Waals surface area contributed by atoms with Crippen molar-refractivity contribution >= 4 is 17.0 Å². The fourth-order valence-electron chi connectivity index (χ4n) is 3.07. The Bertz CT molecular complexity index is 1010. The number of carbonyl (C=O) groups is 1. The van der Waals surface area contributed by atoms with Crippen LogP contribution in [0.4, 0.5) is 13.2 Å². The van der Waals surface area contributed by atoms with Crippen molar-refractivity contribution in [3.05, 3.63) is 42.0 Å². The Balaban J connectivity index is 2.05. The monoisotopic (exact) mass is 408 g/mol. The number of hydrogen-bond acceptors (Lipinski definition) is 5. The van der Waals surface area contributed by atoms with E-state index in [1.54, 1.807) is 30.3 Å². The molecule has 0 bridgehead atoms. The summed E-state index contributed by atoms with van der Waals surface area (Å²) in [6.07, 6.45) is -4.18. The van der Waals surface area contributed by atoms with Crippen LogP contribution in [0.1, 0.15) is 31.7 Å². The Kier molecular flexibility index (Phi) is 5.76. The Morgan fingerprint density at radius 1 is 1.14 bits per heavy atom. The van der Waals surface area contributed by atoms with Crippen LogP contribution in [0.25, 0.3) is 22.2 Å². The first-order valence-electron chi connectivity index (χ1n) is 8.93. The average Bonchev–Trinajstić information content (AvgIpc) is 3.11. The predicted octanol–water partition coefficient (Wildman–Crippen LogP) is 5.05. The maximum Gasteiger partial charge on any atom is 0.422 e. The van der Waals surface area contributed by atoms with Crippen LogP contribution < -0.4 is 4.74 Å². The number of benzene rings is 2. The highest BCUT2D eigenvalue weighted by molar-refractivity contribution is 5.83. The van der Waals surface area contributed by atoms with Gasteiger partial charge in [0.1, 0.15) is 16.8 Å². The lowest BCUT2D eigenvalue weighted by molar-refractivity contribution is -0.153. The van der Waals surface area contributed by atoms with E-state index in [1.807, 2.05) is 13.8 Å². The van der Waals surface area contributed by atoms with E-state index in [4.69, 9.17) is 4.74 Å². The van der Waals surface area contributed by atoms with Gasteiger partial charge in [-0.3, -0.25) is 4.79 Å².